The van der Waals surface area contributed by atoms with Crippen LogP contribution in [0.1, 0.15) is 10.4 Å². The van der Waals surface area contributed by atoms with Crippen molar-refractivity contribution in [3.8, 4) is 11.5 Å². The number of amides is 2. The van der Waals surface area contributed by atoms with Crippen molar-refractivity contribution in [2.45, 2.75) is 4.90 Å². The predicted molar refractivity (Wildman–Crippen MR) is 113 cm³/mol. The van der Waals surface area contributed by atoms with Crippen molar-refractivity contribution in [2.24, 2.45) is 0 Å². The lowest BCUT2D eigenvalue weighted by Crippen LogP contribution is -2.16. The smallest absolute Gasteiger partial charge is 0.256 e. The lowest BCUT2D eigenvalue weighted by atomic mass is 10.2. The second kappa shape index (κ2) is 8.87. The number of carbonyl (C=O) groups is 2. The SMILES string of the molecule is O=C(CSc1ccccc1C(=O)Nc1ccc2c(c1)OCO2)Nc1ccc(F)cc1. The van der Waals surface area contributed by atoms with E-state index in [0.717, 1.165) is 0 Å². The Labute approximate surface area is 176 Å². The molecule has 0 bridgehead atoms. The molecule has 1 heterocycles. The number of fused-ring (bicyclic) bond motifs is 1. The number of carbonyl (C=O) groups excluding carboxylic acids is 2. The monoisotopic (exact) mass is 424 g/mol. The van der Waals surface area contributed by atoms with Crippen LogP contribution in [0.4, 0.5) is 15.8 Å². The minimum atomic E-state index is -0.371. The highest BCUT2D eigenvalue weighted by Crippen LogP contribution is 2.34. The molecular weight excluding hydrogens is 407 g/mol. The second-order valence-electron chi connectivity index (χ2n) is 6.36. The Morgan fingerprint density at radius 3 is 2.47 bits per heavy atom. The first-order chi connectivity index (χ1) is 14.6. The van der Waals surface area contributed by atoms with E-state index < -0.39 is 0 Å². The zero-order valence-corrected chi connectivity index (χ0v) is 16.5. The minimum absolute atomic E-state index is 0.103. The molecule has 0 unspecified atom stereocenters. The number of halogens is 1. The van der Waals surface area contributed by atoms with Crippen molar-refractivity contribution in [1.82, 2.24) is 0 Å². The van der Waals surface area contributed by atoms with Gasteiger partial charge >= 0.3 is 0 Å². The van der Waals surface area contributed by atoms with Crippen LogP contribution in [0.25, 0.3) is 0 Å². The summed E-state index contributed by atoms with van der Waals surface area (Å²) in [5, 5.41) is 5.54. The van der Waals surface area contributed by atoms with Gasteiger partial charge in [-0.25, -0.2) is 4.39 Å². The van der Waals surface area contributed by atoms with E-state index in [4.69, 9.17) is 9.47 Å². The molecular formula is C22H17FN2O4S. The fraction of sp³-hybridized carbons (Fsp3) is 0.0909. The van der Waals surface area contributed by atoms with Crippen LogP contribution in [-0.4, -0.2) is 24.4 Å². The molecule has 0 atom stereocenters. The Bertz CT molecular complexity index is 1090. The molecule has 2 N–H and O–H groups in total. The highest BCUT2D eigenvalue weighted by Gasteiger charge is 2.16. The maximum absolute atomic E-state index is 13.0. The molecule has 0 saturated carbocycles. The van der Waals surface area contributed by atoms with E-state index in [1.54, 1.807) is 42.5 Å². The maximum atomic E-state index is 13.0. The van der Waals surface area contributed by atoms with Gasteiger partial charge in [0, 0.05) is 22.3 Å². The van der Waals surface area contributed by atoms with Gasteiger partial charge in [0.05, 0.1) is 11.3 Å². The molecule has 8 heteroatoms. The van der Waals surface area contributed by atoms with E-state index in [2.05, 4.69) is 10.6 Å². The number of rotatable bonds is 6. The van der Waals surface area contributed by atoms with Crippen molar-refractivity contribution in [2.75, 3.05) is 23.2 Å². The van der Waals surface area contributed by atoms with E-state index >= 15 is 0 Å². The molecule has 30 heavy (non-hydrogen) atoms. The van der Waals surface area contributed by atoms with Crippen LogP contribution in [-0.2, 0) is 4.79 Å². The van der Waals surface area contributed by atoms with Gasteiger partial charge in [-0.05, 0) is 48.5 Å². The molecule has 0 saturated heterocycles. The Morgan fingerprint density at radius 2 is 1.63 bits per heavy atom. The Hall–Kier alpha value is -3.52. The first-order valence-corrected chi connectivity index (χ1v) is 10.1. The molecule has 0 radical (unpaired) electrons. The molecule has 4 rings (SSSR count). The van der Waals surface area contributed by atoms with Crippen molar-refractivity contribution >= 4 is 35.0 Å². The van der Waals surface area contributed by atoms with Gasteiger partial charge in [-0.2, -0.15) is 0 Å². The molecule has 0 aliphatic carbocycles. The van der Waals surface area contributed by atoms with Gasteiger partial charge in [-0.15, -0.1) is 11.8 Å². The normalized spacial score (nSPS) is 11.8. The average Bonchev–Trinajstić information content (AvgIpc) is 3.22. The molecule has 0 spiro atoms. The van der Waals surface area contributed by atoms with Gasteiger partial charge in [0.15, 0.2) is 11.5 Å². The van der Waals surface area contributed by atoms with Crippen LogP contribution in [0.2, 0.25) is 0 Å². The zero-order valence-electron chi connectivity index (χ0n) is 15.7. The van der Waals surface area contributed by atoms with Crippen LogP contribution < -0.4 is 20.1 Å². The highest BCUT2D eigenvalue weighted by atomic mass is 32.2. The second-order valence-corrected chi connectivity index (χ2v) is 7.38. The lowest BCUT2D eigenvalue weighted by Gasteiger charge is -2.11. The van der Waals surface area contributed by atoms with Crippen LogP contribution >= 0.6 is 11.8 Å². The fourth-order valence-electron chi connectivity index (χ4n) is 2.83. The molecule has 152 valence electrons. The van der Waals surface area contributed by atoms with E-state index in [9.17, 15) is 14.0 Å². The zero-order chi connectivity index (χ0) is 20.9. The van der Waals surface area contributed by atoms with Crippen LogP contribution in [0, 0.1) is 5.82 Å². The topological polar surface area (TPSA) is 76.7 Å². The Balaban J connectivity index is 1.40. The Morgan fingerprint density at radius 1 is 0.900 bits per heavy atom. The van der Waals surface area contributed by atoms with Crippen LogP contribution in [0.3, 0.4) is 0 Å². The summed E-state index contributed by atoms with van der Waals surface area (Å²) in [6.45, 7) is 0.159. The van der Waals surface area contributed by atoms with Gasteiger partial charge in [-0.1, -0.05) is 12.1 Å². The number of nitrogens with one attached hydrogen (secondary N) is 2. The number of thioether (sulfide) groups is 1. The summed E-state index contributed by atoms with van der Waals surface area (Å²) in [6, 6.07) is 17.7. The quantitative estimate of drug-likeness (QED) is 0.569. The number of benzene rings is 3. The molecule has 6 nitrogen and oxygen atoms in total. The van der Waals surface area contributed by atoms with E-state index in [1.165, 1.54) is 36.0 Å². The Kier molecular flexibility index (Phi) is 5.85. The summed E-state index contributed by atoms with van der Waals surface area (Å²) in [6.07, 6.45) is 0. The van der Waals surface area contributed by atoms with E-state index in [0.29, 0.717) is 33.3 Å². The standard InChI is InChI=1S/C22H17FN2O4S/c23-14-5-7-15(8-6-14)24-21(26)12-30-20-4-2-1-3-17(20)22(27)25-16-9-10-18-19(11-16)29-13-28-18/h1-11H,12-13H2,(H,24,26)(H,25,27). The van der Waals surface area contributed by atoms with Gasteiger partial charge in [-0.3, -0.25) is 9.59 Å². The molecule has 1 aliphatic heterocycles. The van der Waals surface area contributed by atoms with Gasteiger partial charge in [0.1, 0.15) is 5.82 Å². The molecule has 1 aliphatic rings. The van der Waals surface area contributed by atoms with Gasteiger partial charge in [0.25, 0.3) is 5.91 Å². The van der Waals surface area contributed by atoms with E-state index in [1.807, 2.05) is 0 Å². The third kappa shape index (κ3) is 4.72. The summed E-state index contributed by atoms with van der Waals surface area (Å²) in [4.78, 5) is 25.6. The van der Waals surface area contributed by atoms with Crippen molar-refractivity contribution in [3.63, 3.8) is 0 Å². The number of ether oxygens (including phenoxy) is 2. The third-order valence-corrected chi connectivity index (χ3v) is 5.32. The minimum Gasteiger partial charge on any atom is -0.454 e. The first kappa shape index (κ1) is 19.8. The van der Waals surface area contributed by atoms with Gasteiger partial charge < -0.3 is 20.1 Å². The maximum Gasteiger partial charge on any atom is 0.256 e. The number of hydrogen-bond donors (Lipinski definition) is 2. The highest BCUT2D eigenvalue weighted by molar-refractivity contribution is 8.00. The van der Waals surface area contributed by atoms with E-state index in [-0.39, 0.29) is 30.2 Å². The lowest BCUT2D eigenvalue weighted by molar-refractivity contribution is -0.113. The molecule has 3 aromatic carbocycles. The van der Waals surface area contributed by atoms with Gasteiger partial charge in [0.2, 0.25) is 12.7 Å². The molecule has 0 fully saturated rings. The summed E-state index contributed by atoms with van der Waals surface area (Å²) < 4.78 is 23.6. The van der Waals surface area contributed by atoms with Crippen molar-refractivity contribution < 1.29 is 23.5 Å². The summed E-state index contributed by atoms with van der Waals surface area (Å²) in [5.74, 6) is 0.397. The third-order valence-electron chi connectivity index (χ3n) is 4.25. The number of anilines is 2. The molecule has 2 amide bonds. The van der Waals surface area contributed by atoms with Crippen molar-refractivity contribution in [3.05, 3.63) is 78.1 Å². The number of hydrogen-bond acceptors (Lipinski definition) is 5. The fourth-order valence-corrected chi connectivity index (χ4v) is 3.68. The van der Waals surface area contributed by atoms with Crippen LogP contribution in [0.5, 0.6) is 11.5 Å². The van der Waals surface area contributed by atoms with Crippen molar-refractivity contribution in [1.29, 1.82) is 0 Å². The molecule has 0 aromatic heterocycles. The first-order valence-electron chi connectivity index (χ1n) is 9.07. The largest absolute Gasteiger partial charge is 0.454 e. The predicted octanol–water partition coefficient (Wildman–Crippen LogP) is 4.54. The summed E-state index contributed by atoms with van der Waals surface area (Å²) >= 11 is 1.24. The average molecular weight is 424 g/mol. The van der Waals surface area contributed by atoms with Crippen LogP contribution in [0.15, 0.2) is 71.6 Å². The molecule has 3 aromatic rings. The summed E-state index contributed by atoms with van der Waals surface area (Å²) in [7, 11) is 0. The summed E-state index contributed by atoms with van der Waals surface area (Å²) in [5.41, 5.74) is 1.55.